The zero-order valence-corrected chi connectivity index (χ0v) is 21.0. The van der Waals surface area contributed by atoms with E-state index in [0.717, 1.165) is 16.9 Å². The maximum Gasteiger partial charge on any atom is 0.240 e. The van der Waals surface area contributed by atoms with E-state index in [4.69, 9.17) is 4.74 Å². The number of carbonyl (C=O) groups excluding carboxylic acids is 1. The van der Waals surface area contributed by atoms with Crippen molar-refractivity contribution in [2.24, 2.45) is 0 Å². The monoisotopic (exact) mass is 507 g/mol. The maximum atomic E-state index is 13.2. The number of carbonyl (C=O) groups is 1. The number of aryl methyl sites for hydroxylation is 1. The molecule has 0 unspecified atom stereocenters. The average molecular weight is 508 g/mol. The predicted octanol–water partition coefficient (Wildman–Crippen LogP) is 3.57. The van der Waals surface area contributed by atoms with E-state index in [2.05, 4.69) is 4.72 Å². The van der Waals surface area contributed by atoms with Gasteiger partial charge in [0.25, 0.3) is 0 Å². The van der Waals surface area contributed by atoms with Crippen LogP contribution in [0.2, 0.25) is 0 Å². The van der Waals surface area contributed by atoms with Gasteiger partial charge in [-0.15, -0.1) is 0 Å². The van der Waals surface area contributed by atoms with Gasteiger partial charge in [-0.2, -0.15) is 0 Å². The van der Waals surface area contributed by atoms with Gasteiger partial charge >= 0.3 is 0 Å². The van der Waals surface area contributed by atoms with Crippen LogP contribution in [-0.2, 0) is 14.8 Å². The van der Waals surface area contributed by atoms with Crippen molar-refractivity contribution in [1.29, 1.82) is 0 Å². The standard InChI is InChI=1S/C27H29N3O5S/c1-3-26(31)29-16-20(28-36(33,34)19-14-12-18(2)13-15-19)27(32)23(17-29)30-21-8-4-6-10-24(21)35-25-11-7-5-9-22(25)30/h4-15,20,23,27-28,32H,3,16-17H2,1-2H3/t20-,23+,27+/m1/s1. The van der Waals surface area contributed by atoms with E-state index in [-0.39, 0.29) is 30.3 Å². The van der Waals surface area contributed by atoms with E-state index >= 15 is 0 Å². The third-order valence-corrected chi connectivity index (χ3v) is 8.23. The number of benzene rings is 3. The molecule has 8 nitrogen and oxygen atoms in total. The smallest absolute Gasteiger partial charge is 0.240 e. The Balaban J connectivity index is 1.54. The number of aliphatic hydroxyl groups excluding tert-OH is 1. The minimum absolute atomic E-state index is 0.0725. The van der Waals surface area contributed by atoms with Gasteiger partial charge in [0.15, 0.2) is 11.5 Å². The van der Waals surface area contributed by atoms with E-state index in [1.807, 2.05) is 60.4 Å². The number of para-hydroxylation sites is 4. The summed E-state index contributed by atoms with van der Waals surface area (Å²) in [5.74, 6) is 1.14. The van der Waals surface area contributed by atoms with Crippen LogP contribution in [0.3, 0.4) is 0 Å². The molecule has 9 heteroatoms. The lowest BCUT2D eigenvalue weighted by molar-refractivity contribution is -0.134. The lowest BCUT2D eigenvalue weighted by Crippen LogP contribution is -2.66. The first-order valence-corrected chi connectivity index (χ1v) is 13.5. The van der Waals surface area contributed by atoms with E-state index in [0.29, 0.717) is 11.5 Å². The lowest BCUT2D eigenvalue weighted by atomic mass is 9.94. The summed E-state index contributed by atoms with van der Waals surface area (Å²) in [7, 11) is -3.93. The summed E-state index contributed by atoms with van der Waals surface area (Å²) >= 11 is 0. The minimum atomic E-state index is -3.93. The summed E-state index contributed by atoms with van der Waals surface area (Å²) in [6.45, 7) is 3.96. The van der Waals surface area contributed by atoms with Gasteiger partial charge in [0.05, 0.1) is 34.5 Å². The number of amides is 1. The first-order valence-electron chi connectivity index (χ1n) is 12.0. The molecular weight excluding hydrogens is 478 g/mol. The summed E-state index contributed by atoms with van der Waals surface area (Å²) in [5.41, 5.74) is 2.42. The highest BCUT2D eigenvalue weighted by atomic mass is 32.2. The molecule has 0 bridgehead atoms. The van der Waals surface area contributed by atoms with Gasteiger partial charge < -0.3 is 19.6 Å². The molecule has 0 aromatic heterocycles. The second kappa shape index (κ2) is 9.57. The van der Waals surface area contributed by atoms with E-state index in [9.17, 15) is 18.3 Å². The van der Waals surface area contributed by atoms with Gasteiger partial charge in [0, 0.05) is 19.5 Å². The molecule has 3 aromatic carbocycles. The van der Waals surface area contributed by atoms with Crippen molar-refractivity contribution >= 4 is 27.3 Å². The molecule has 5 rings (SSSR count). The van der Waals surface area contributed by atoms with Crippen molar-refractivity contribution in [3.8, 4) is 11.5 Å². The van der Waals surface area contributed by atoms with Gasteiger partial charge in [-0.25, -0.2) is 13.1 Å². The highest BCUT2D eigenvalue weighted by Gasteiger charge is 2.44. The summed E-state index contributed by atoms with van der Waals surface area (Å²) in [6, 6.07) is 20.0. The van der Waals surface area contributed by atoms with Gasteiger partial charge in [-0.3, -0.25) is 4.79 Å². The number of hydrogen-bond donors (Lipinski definition) is 2. The van der Waals surface area contributed by atoms with Crippen LogP contribution in [0.15, 0.2) is 77.7 Å². The fraction of sp³-hybridized carbons (Fsp3) is 0.296. The van der Waals surface area contributed by atoms with Crippen LogP contribution in [0.25, 0.3) is 0 Å². The van der Waals surface area contributed by atoms with Gasteiger partial charge in [0.2, 0.25) is 15.9 Å². The number of nitrogens with zero attached hydrogens (tertiary/aromatic N) is 2. The lowest BCUT2D eigenvalue weighted by Gasteiger charge is -2.48. The molecule has 0 radical (unpaired) electrons. The average Bonchev–Trinajstić information content (AvgIpc) is 2.88. The number of hydrogen-bond acceptors (Lipinski definition) is 6. The van der Waals surface area contributed by atoms with Crippen LogP contribution >= 0.6 is 0 Å². The van der Waals surface area contributed by atoms with Crippen molar-refractivity contribution < 1.29 is 23.1 Å². The summed E-state index contributed by atoms with van der Waals surface area (Å²) in [6.07, 6.45) is -0.832. The Kier molecular flexibility index (Phi) is 6.46. The highest BCUT2D eigenvalue weighted by Crippen LogP contribution is 2.48. The van der Waals surface area contributed by atoms with Crippen molar-refractivity contribution in [2.75, 3.05) is 18.0 Å². The molecule has 2 aliphatic heterocycles. The largest absolute Gasteiger partial charge is 0.453 e. The number of sulfonamides is 1. The molecule has 0 aliphatic carbocycles. The van der Waals surface area contributed by atoms with Crippen LogP contribution in [0.1, 0.15) is 18.9 Å². The molecule has 1 fully saturated rings. The molecule has 3 atom stereocenters. The van der Waals surface area contributed by atoms with Crippen molar-refractivity contribution in [3.63, 3.8) is 0 Å². The summed E-state index contributed by atoms with van der Waals surface area (Å²) in [5, 5.41) is 11.6. The van der Waals surface area contributed by atoms with E-state index < -0.39 is 28.2 Å². The van der Waals surface area contributed by atoms with Crippen LogP contribution < -0.4 is 14.4 Å². The molecule has 36 heavy (non-hydrogen) atoms. The Morgan fingerprint density at radius 2 is 1.56 bits per heavy atom. The van der Waals surface area contributed by atoms with Crippen LogP contribution in [0.5, 0.6) is 11.5 Å². The Labute approximate surface area is 211 Å². The normalized spacial score (nSPS) is 21.4. The summed E-state index contributed by atoms with van der Waals surface area (Å²) < 4.78 is 35.2. The number of fused-ring (bicyclic) bond motifs is 2. The number of piperidine rings is 1. The number of ether oxygens (including phenoxy) is 1. The van der Waals surface area contributed by atoms with Crippen molar-refractivity contribution in [1.82, 2.24) is 9.62 Å². The van der Waals surface area contributed by atoms with E-state index in [1.165, 1.54) is 12.1 Å². The fourth-order valence-corrected chi connectivity index (χ4v) is 6.11. The van der Waals surface area contributed by atoms with Crippen LogP contribution in [0.4, 0.5) is 11.4 Å². The molecule has 2 N–H and O–H groups in total. The second-order valence-electron chi connectivity index (χ2n) is 9.16. The second-order valence-corrected chi connectivity index (χ2v) is 10.9. The fourth-order valence-electron chi connectivity index (χ4n) is 4.87. The number of anilines is 2. The molecule has 0 saturated carbocycles. The molecular formula is C27H29N3O5S. The molecule has 1 saturated heterocycles. The molecule has 0 spiro atoms. The maximum absolute atomic E-state index is 13.2. The number of likely N-dealkylation sites (tertiary alicyclic amines) is 1. The topological polar surface area (TPSA) is 99.2 Å². The zero-order valence-electron chi connectivity index (χ0n) is 20.2. The molecule has 2 heterocycles. The quantitative estimate of drug-likeness (QED) is 0.548. The Morgan fingerprint density at radius 3 is 2.14 bits per heavy atom. The minimum Gasteiger partial charge on any atom is -0.453 e. The molecule has 3 aromatic rings. The summed E-state index contributed by atoms with van der Waals surface area (Å²) in [4.78, 5) is 16.5. The third kappa shape index (κ3) is 4.45. The van der Waals surface area contributed by atoms with Gasteiger partial charge in [0.1, 0.15) is 0 Å². The van der Waals surface area contributed by atoms with Gasteiger partial charge in [-0.1, -0.05) is 48.9 Å². The SMILES string of the molecule is CCC(=O)N1C[C@@H](NS(=O)(=O)c2ccc(C)cc2)[C@H](O)[C@@H](N2c3ccccc3Oc3ccccc32)C1. The highest BCUT2D eigenvalue weighted by molar-refractivity contribution is 7.89. The third-order valence-electron chi connectivity index (χ3n) is 6.73. The van der Waals surface area contributed by atoms with E-state index in [1.54, 1.807) is 24.0 Å². The molecule has 1 amide bonds. The predicted molar refractivity (Wildman–Crippen MR) is 137 cm³/mol. The Bertz CT molecular complexity index is 1330. The number of nitrogens with one attached hydrogen (secondary N) is 1. The molecule has 188 valence electrons. The first-order chi connectivity index (χ1) is 17.3. The Hall–Kier alpha value is -3.40. The van der Waals surface area contributed by atoms with Crippen LogP contribution in [-0.4, -0.2) is 55.6 Å². The number of rotatable bonds is 5. The van der Waals surface area contributed by atoms with Gasteiger partial charge in [-0.05, 0) is 43.3 Å². The van der Waals surface area contributed by atoms with Crippen LogP contribution in [0, 0.1) is 6.92 Å². The Morgan fingerprint density at radius 1 is 0.972 bits per heavy atom. The first kappa shape index (κ1) is 24.3. The number of aliphatic hydroxyl groups is 1. The molecule has 2 aliphatic rings. The van der Waals surface area contributed by atoms with Crippen molar-refractivity contribution in [2.45, 2.75) is 43.4 Å². The van der Waals surface area contributed by atoms with Crippen molar-refractivity contribution in [3.05, 3.63) is 78.4 Å². The zero-order chi connectivity index (χ0) is 25.4.